The van der Waals surface area contributed by atoms with Gasteiger partial charge in [-0.1, -0.05) is 25.8 Å². The van der Waals surface area contributed by atoms with Crippen LogP contribution in [0.5, 0.6) is 0 Å². The fourth-order valence-electron chi connectivity index (χ4n) is 3.14. The molecule has 2 aliphatic heterocycles. The van der Waals surface area contributed by atoms with Crippen molar-refractivity contribution in [2.75, 3.05) is 52.1 Å². The van der Waals surface area contributed by atoms with Crippen LogP contribution in [0.15, 0.2) is 0 Å². The molecule has 0 aliphatic carbocycles. The molecule has 0 aromatic heterocycles. The molecule has 1 atom stereocenters. The average Bonchev–Trinajstić information content (AvgIpc) is 2.94. The third-order valence-corrected chi connectivity index (χ3v) is 5.62. The summed E-state index contributed by atoms with van der Waals surface area (Å²) < 4.78 is 2.33. The second kappa shape index (κ2) is 7.66. The van der Waals surface area contributed by atoms with Gasteiger partial charge < -0.3 is 9.80 Å². The van der Waals surface area contributed by atoms with Crippen LogP contribution < -0.4 is 0 Å². The molecule has 0 spiro atoms. The number of nitrogens with zero attached hydrogens (tertiary/aromatic N) is 3. The molecule has 2 fully saturated rings. The third-order valence-electron chi connectivity index (χ3n) is 4.74. The summed E-state index contributed by atoms with van der Waals surface area (Å²) in [5.74, 6) is 1.95. The summed E-state index contributed by atoms with van der Waals surface area (Å²) in [4.78, 5) is 16.8. The number of likely N-dealkylation sites (tertiary alicyclic amines) is 1. The van der Waals surface area contributed by atoms with Crippen molar-refractivity contribution in [1.82, 2.24) is 14.1 Å². The summed E-state index contributed by atoms with van der Waals surface area (Å²) in [5.41, 5.74) is 0. The Morgan fingerprint density at radius 1 is 1.20 bits per heavy atom. The number of amides is 1. The van der Waals surface area contributed by atoms with Crippen LogP contribution in [0, 0.1) is 11.8 Å². The molecule has 0 bridgehead atoms. The summed E-state index contributed by atoms with van der Waals surface area (Å²) in [6, 6.07) is 0. The molecule has 2 saturated heterocycles. The van der Waals surface area contributed by atoms with Crippen LogP contribution in [-0.2, 0) is 4.79 Å². The number of carbonyl (C=O) groups is 1. The van der Waals surface area contributed by atoms with Crippen molar-refractivity contribution < 1.29 is 4.79 Å². The highest BCUT2D eigenvalue weighted by Crippen LogP contribution is 2.23. The van der Waals surface area contributed by atoms with Crippen molar-refractivity contribution in [2.24, 2.45) is 11.8 Å². The van der Waals surface area contributed by atoms with Gasteiger partial charge in [0.15, 0.2) is 0 Å². The first-order chi connectivity index (χ1) is 9.60. The number of rotatable bonds is 5. The van der Waals surface area contributed by atoms with Crippen molar-refractivity contribution in [2.45, 2.75) is 26.7 Å². The quantitative estimate of drug-likeness (QED) is 0.723. The van der Waals surface area contributed by atoms with E-state index in [4.69, 9.17) is 0 Å². The largest absolute Gasteiger partial charge is 0.340 e. The maximum Gasteiger partial charge on any atom is 0.223 e. The Morgan fingerprint density at radius 3 is 2.45 bits per heavy atom. The molecule has 2 heterocycles. The molecule has 0 N–H and O–H groups in total. The monoisotopic (exact) mass is 299 g/mol. The minimum Gasteiger partial charge on any atom is -0.340 e. The van der Waals surface area contributed by atoms with E-state index in [1.54, 1.807) is 11.9 Å². The standard InChI is InChI=1S/C15H29N3OS/c1-13(2)14-4-6-16(12-14)7-5-15(19)17-8-10-18(20-3)11-9-17/h13-14H,4-12H2,1-3H3. The van der Waals surface area contributed by atoms with Crippen LogP contribution in [0.25, 0.3) is 0 Å². The van der Waals surface area contributed by atoms with Gasteiger partial charge in [0.25, 0.3) is 0 Å². The van der Waals surface area contributed by atoms with E-state index in [9.17, 15) is 4.79 Å². The molecule has 4 nitrogen and oxygen atoms in total. The van der Waals surface area contributed by atoms with Gasteiger partial charge in [-0.15, -0.1) is 0 Å². The molecular weight excluding hydrogens is 270 g/mol. The first-order valence-electron chi connectivity index (χ1n) is 7.89. The number of carbonyl (C=O) groups excluding carboxylic acids is 1. The van der Waals surface area contributed by atoms with Crippen LogP contribution in [0.4, 0.5) is 0 Å². The maximum absolute atomic E-state index is 12.2. The van der Waals surface area contributed by atoms with E-state index < -0.39 is 0 Å². The molecule has 5 heteroatoms. The van der Waals surface area contributed by atoms with Gasteiger partial charge in [-0.25, -0.2) is 4.31 Å². The van der Waals surface area contributed by atoms with Gasteiger partial charge >= 0.3 is 0 Å². The number of piperazine rings is 1. The Hall–Kier alpha value is -0.260. The second-order valence-corrected chi connectivity index (χ2v) is 7.22. The highest BCUT2D eigenvalue weighted by Gasteiger charge is 2.26. The van der Waals surface area contributed by atoms with Gasteiger partial charge in [0.05, 0.1) is 0 Å². The molecule has 116 valence electrons. The van der Waals surface area contributed by atoms with Crippen LogP contribution in [0.1, 0.15) is 26.7 Å². The molecule has 0 aromatic rings. The molecule has 1 unspecified atom stereocenters. The van der Waals surface area contributed by atoms with E-state index in [-0.39, 0.29) is 0 Å². The highest BCUT2D eigenvalue weighted by molar-refractivity contribution is 7.96. The fraction of sp³-hybridized carbons (Fsp3) is 0.933. The summed E-state index contributed by atoms with van der Waals surface area (Å²) >= 11 is 1.78. The minimum atomic E-state index is 0.346. The van der Waals surface area contributed by atoms with E-state index in [0.29, 0.717) is 12.3 Å². The van der Waals surface area contributed by atoms with Gasteiger partial charge in [0.1, 0.15) is 0 Å². The molecule has 0 aromatic carbocycles. The lowest BCUT2D eigenvalue weighted by atomic mass is 9.95. The number of hydrogen-bond acceptors (Lipinski definition) is 4. The Kier molecular flexibility index (Phi) is 6.18. The molecule has 0 saturated carbocycles. The lowest BCUT2D eigenvalue weighted by molar-refractivity contribution is -0.132. The van der Waals surface area contributed by atoms with Gasteiger partial charge in [-0.05, 0) is 31.1 Å². The predicted molar refractivity (Wildman–Crippen MR) is 85.7 cm³/mol. The summed E-state index contributed by atoms with van der Waals surface area (Å²) in [6.45, 7) is 11.7. The van der Waals surface area contributed by atoms with Gasteiger partial charge in [-0.2, -0.15) is 0 Å². The molecule has 2 aliphatic rings. The van der Waals surface area contributed by atoms with Gasteiger partial charge in [0.2, 0.25) is 5.91 Å². The van der Waals surface area contributed by atoms with E-state index in [0.717, 1.165) is 44.6 Å². The third kappa shape index (κ3) is 4.37. The lowest BCUT2D eigenvalue weighted by Gasteiger charge is -2.33. The van der Waals surface area contributed by atoms with E-state index in [2.05, 4.69) is 29.3 Å². The molecule has 2 rings (SSSR count). The Labute approximate surface area is 128 Å². The normalized spacial score (nSPS) is 25.6. The molecule has 1 amide bonds. The predicted octanol–water partition coefficient (Wildman–Crippen LogP) is 1.78. The molecular formula is C15H29N3OS. The van der Waals surface area contributed by atoms with Crippen LogP contribution in [-0.4, -0.2) is 72.1 Å². The van der Waals surface area contributed by atoms with Crippen LogP contribution in [0.3, 0.4) is 0 Å². The van der Waals surface area contributed by atoms with Crippen molar-refractivity contribution >= 4 is 17.9 Å². The van der Waals surface area contributed by atoms with Crippen molar-refractivity contribution in [3.8, 4) is 0 Å². The zero-order valence-electron chi connectivity index (χ0n) is 13.2. The zero-order chi connectivity index (χ0) is 14.5. The maximum atomic E-state index is 12.2. The van der Waals surface area contributed by atoms with Crippen LogP contribution >= 0.6 is 11.9 Å². The zero-order valence-corrected chi connectivity index (χ0v) is 14.0. The number of hydrogen-bond donors (Lipinski definition) is 0. The topological polar surface area (TPSA) is 26.8 Å². The second-order valence-electron chi connectivity index (χ2n) is 6.34. The van der Waals surface area contributed by atoms with E-state index in [1.165, 1.54) is 19.5 Å². The van der Waals surface area contributed by atoms with Gasteiger partial charge in [-0.3, -0.25) is 4.79 Å². The Balaban J connectivity index is 1.66. The van der Waals surface area contributed by atoms with Crippen LogP contribution in [0.2, 0.25) is 0 Å². The van der Waals surface area contributed by atoms with E-state index >= 15 is 0 Å². The first-order valence-corrected chi connectivity index (χ1v) is 9.07. The fourth-order valence-corrected chi connectivity index (χ4v) is 3.67. The first kappa shape index (κ1) is 16.1. The lowest BCUT2D eigenvalue weighted by Crippen LogP contribution is -2.46. The van der Waals surface area contributed by atoms with Crippen molar-refractivity contribution in [3.05, 3.63) is 0 Å². The summed E-state index contributed by atoms with van der Waals surface area (Å²) in [6.07, 6.45) is 4.11. The van der Waals surface area contributed by atoms with Crippen molar-refractivity contribution in [3.63, 3.8) is 0 Å². The van der Waals surface area contributed by atoms with E-state index in [1.807, 2.05) is 4.90 Å². The summed E-state index contributed by atoms with van der Waals surface area (Å²) in [5, 5.41) is 0. The Bertz CT molecular complexity index is 316. The smallest absolute Gasteiger partial charge is 0.223 e. The summed E-state index contributed by atoms with van der Waals surface area (Å²) in [7, 11) is 0. The minimum absolute atomic E-state index is 0.346. The average molecular weight is 299 g/mol. The Morgan fingerprint density at radius 2 is 1.90 bits per heavy atom. The van der Waals surface area contributed by atoms with Gasteiger partial charge in [0, 0.05) is 45.7 Å². The molecule has 0 radical (unpaired) electrons. The SMILES string of the molecule is CSN1CCN(C(=O)CCN2CCC(C(C)C)C2)CC1. The van der Waals surface area contributed by atoms with Crippen molar-refractivity contribution in [1.29, 1.82) is 0 Å². The highest BCUT2D eigenvalue weighted by atomic mass is 32.2. The molecule has 20 heavy (non-hydrogen) atoms.